The molecule has 2 nitrogen and oxygen atoms in total. The molecule has 1 N–H and O–H groups in total. The predicted octanol–water partition coefficient (Wildman–Crippen LogP) is 2.35. The second-order valence-corrected chi connectivity index (χ2v) is 6.24. The highest BCUT2D eigenvalue weighted by atomic mass is 15.1. The Bertz CT molecular complexity index is 173. The second-order valence-electron chi connectivity index (χ2n) is 6.24. The molecule has 1 aliphatic rings. The molecule has 0 amide bonds. The van der Waals surface area contributed by atoms with E-state index in [-0.39, 0.29) is 5.54 Å². The van der Waals surface area contributed by atoms with E-state index in [4.69, 9.17) is 0 Å². The summed E-state index contributed by atoms with van der Waals surface area (Å²) in [5, 5.41) is 3.54. The van der Waals surface area contributed by atoms with Gasteiger partial charge in [0.15, 0.2) is 0 Å². The lowest BCUT2D eigenvalue weighted by Crippen LogP contribution is -2.37. The van der Waals surface area contributed by atoms with Crippen molar-refractivity contribution in [2.45, 2.75) is 46.6 Å². The normalized spacial score (nSPS) is 28.6. The maximum Gasteiger partial charge on any atom is 0.00965 e. The van der Waals surface area contributed by atoms with Crippen LogP contribution < -0.4 is 5.32 Å². The molecule has 1 rings (SSSR count). The molecule has 2 heteroatoms. The lowest BCUT2D eigenvalue weighted by Gasteiger charge is -2.22. The van der Waals surface area contributed by atoms with Crippen molar-refractivity contribution in [3.8, 4) is 0 Å². The van der Waals surface area contributed by atoms with Gasteiger partial charge in [-0.15, -0.1) is 0 Å². The average Bonchev–Trinajstić information content (AvgIpc) is 2.39. The molecule has 0 aromatic rings. The van der Waals surface area contributed by atoms with Crippen molar-refractivity contribution in [3.05, 3.63) is 0 Å². The van der Waals surface area contributed by atoms with Gasteiger partial charge < -0.3 is 10.2 Å². The van der Waals surface area contributed by atoms with Crippen LogP contribution in [0.1, 0.15) is 41.0 Å². The highest BCUT2D eigenvalue weighted by Crippen LogP contribution is 2.21. The Morgan fingerprint density at radius 3 is 2.13 bits per heavy atom. The highest BCUT2D eigenvalue weighted by Gasteiger charge is 2.25. The van der Waals surface area contributed by atoms with Crippen LogP contribution in [0.3, 0.4) is 0 Å². The molecule has 1 aliphatic heterocycles. The van der Waals surface area contributed by atoms with Crippen molar-refractivity contribution in [2.75, 3.05) is 26.2 Å². The number of rotatable bonds is 4. The topological polar surface area (TPSA) is 15.3 Å². The van der Waals surface area contributed by atoms with Gasteiger partial charge in [-0.05, 0) is 52.1 Å². The molecule has 0 saturated carbocycles. The molecule has 0 aromatic carbocycles. The SMILES string of the molecule is CC1CN(CCCNC(C)(C)C)CC1C. The van der Waals surface area contributed by atoms with E-state index < -0.39 is 0 Å². The van der Waals surface area contributed by atoms with Crippen molar-refractivity contribution in [3.63, 3.8) is 0 Å². The maximum atomic E-state index is 3.54. The van der Waals surface area contributed by atoms with Gasteiger partial charge in [-0.25, -0.2) is 0 Å². The highest BCUT2D eigenvalue weighted by molar-refractivity contribution is 4.78. The maximum absolute atomic E-state index is 3.54. The van der Waals surface area contributed by atoms with Gasteiger partial charge in [-0.2, -0.15) is 0 Å². The fourth-order valence-electron chi connectivity index (χ4n) is 2.20. The minimum absolute atomic E-state index is 0.269. The minimum atomic E-state index is 0.269. The van der Waals surface area contributed by atoms with Crippen molar-refractivity contribution >= 4 is 0 Å². The van der Waals surface area contributed by atoms with Crippen LogP contribution in [-0.4, -0.2) is 36.6 Å². The minimum Gasteiger partial charge on any atom is -0.312 e. The third kappa shape index (κ3) is 4.98. The summed E-state index contributed by atoms with van der Waals surface area (Å²) >= 11 is 0. The van der Waals surface area contributed by atoms with Crippen LogP contribution in [-0.2, 0) is 0 Å². The Morgan fingerprint density at radius 2 is 1.67 bits per heavy atom. The molecule has 1 heterocycles. The molecule has 0 aliphatic carbocycles. The average molecular weight is 212 g/mol. The van der Waals surface area contributed by atoms with E-state index >= 15 is 0 Å². The molecule has 15 heavy (non-hydrogen) atoms. The van der Waals surface area contributed by atoms with Gasteiger partial charge in [0.1, 0.15) is 0 Å². The first-order valence-corrected chi connectivity index (χ1v) is 6.36. The van der Waals surface area contributed by atoms with Crippen molar-refractivity contribution in [1.82, 2.24) is 10.2 Å². The monoisotopic (exact) mass is 212 g/mol. The molecule has 2 atom stereocenters. The predicted molar refractivity (Wildman–Crippen MR) is 67.1 cm³/mol. The van der Waals surface area contributed by atoms with E-state index in [0.29, 0.717) is 0 Å². The lowest BCUT2D eigenvalue weighted by atomic mass is 10.0. The van der Waals surface area contributed by atoms with Gasteiger partial charge in [0, 0.05) is 18.6 Å². The van der Waals surface area contributed by atoms with Crippen LogP contribution in [0.5, 0.6) is 0 Å². The smallest absolute Gasteiger partial charge is 0.00965 e. The van der Waals surface area contributed by atoms with Crippen LogP contribution in [0.2, 0.25) is 0 Å². The van der Waals surface area contributed by atoms with Crippen molar-refractivity contribution in [1.29, 1.82) is 0 Å². The zero-order chi connectivity index (χ0) is 11.5. The number of hydrogen-bond acceptors (Lipinski definition) is 2. The van der Waals surface area contributed by atoms with E-state index in [1.165, 1.54) is 26.1 Å². The molecule has 0 radical (unpaired) electrons. The summed E-state index contributed by atoms with van der Waals surface area (Å²) in [6, 6.07) is 0. The summed E-state index contributed by atoms with van der Waals surface area (Å²) in [6.07, 6.45) is 1.27. The Balaban J connectivity index is 2.07. The molecule has 90 valence electrons. The Morgan fingerprint density at radius 1 is 1.13 bits per heavy atom. The molecule has 0 spiro atoms. The zero-order valence-electron chi connectivity index (χ0n) is 11.1. The van der Waals surface area contributed by atoms with E-state index in [2.05, 4.69) is 44.8 Å². The van der Waals surface area contributed by atoms with E-state index in [1.807, 2.05) is 0 Å². The number of likely N-dealkylation sites (tertiary alicyclic amines) is 1. The zero-order valence-corrected chi connectivity index (χ0v) is 11.1. The van der Waals surface area contributed by atoms with Gasteiger partial charge in [-0.1, -0.05) is 13.8 Å². The van der Waals surface area contributed by atoms with Gasteiger partial charge in [-0.3, -0.25) is 0 Å². The quantitative estimate of drug-likeness (QED) is 0.720. The van der Waals surface area contributed by atoms with Crippen molar-refractivity contribution < 1.29 is 0 Å². The second kappa shape index (κ2) is 5.31. The van der Waals surface area contributed by atoms with Crippen LogP contribution >= 0.6 is 0 Å². The summed E-state index contributed by atoms with van der Waals surface area (Å²) in [7, 11) is 0. The molecule has 1 fully saturated rings. The largest absolute Gasteiger partial charge is 0.312 e. The summed E-state index contributed by atoms with van der Waals surface area (Å²) < 4.78 is 0. The standard InChI is InChI=1S/C13H28N2/c1-11-9-15(10-12(11)2)8-6-7-14-13(3,4)5/h11-12,14H,6-10H2,1-5H3. The van der Waals surface area contributed by atoms with E-state index in [9.17, 15) is 0 Å². The van der Waals surface area contributed by atoms with Gasteiger partial charge in [0.05, 0.1) is 0 Å². The molecule has 2 unspecified atom stereocenters. The van der Waals surface area contributed by atoms with Gasteiger partial charge in [0.25, 0.3) is 0 Å². The molecule has 0 bridgehead atoms. The number of nitrogens with zero attached hydrogens (tertiary/aromatic N) is 1. The number of hydrogen-bond donors (Lipinski definition) is 1. The summed E-state index contributed by atoms with van der Waals surface area (Å²) in [5.74, 6) is 1.78. The summed E-state index contributed by atoms with van der Waals surface area (Å²) in [5.41, 5.74) is 0.269. The van der Waals surface area contributed by atoms with E-state index in [0.717, 1.165) is 18.4 Å². The first-order valence-electron chi connectivity index (χ1n) is 6.36. The molecular weight excluding hydrogens is 184 g/mol. The lowest BCUT2D eigenvalue weighted by molar-refractivity contribution is 0.307. The Labute approximate surface area is 95.4 Å². The summed E-state index contributed by atoms with van der Waals surface area (Å²) in [6.45, 7) is 16.4. The molecular formula is C13H28N2. The Hall–Kier alpha value is -0.0800. The van der Waals surface area contributed by atoms with Gasteiger partial charge >= 0.3 is 0 Å². The fourth-order valence-corrected chi connectivity index (χ4v) is 2.20. The first kappa shape index (κ1) is 13.0. The Kier molecular flexibility index (Phi) is 4.60. The fraction of sp³-hybridized carbons (Fsp3) is 1.00. The molecule has 0 aromatic heterocycles. The molecule has 1 saturated heterocycles. The number of nitrogens with one attached hydrogen (secondary N) is 1. The summed E-state index contributed by atoms with van der Waals surface area (Å²) in [4.78, 5) is 2.61. The van der Waals surface area contributed by atoms with Crippen molar-refractivity contribution in [2.24, 2.45) is 11.8 Å². The van der Waals surface area contributed by atoms with Gasteiger partial charge in [0.2, 0.25) is 0 Å². The van der Waals surface area contributed by atoms with Crippen LogP contribution in [0, 0.1) is 11.8 Å². The van der Waals surface area contributed by atoms with E-state index in [1.54, 1.807) is 0 Å². The third-order valence-electron chi connectivity index (χ3n) is 3.37. The first-order chi connectivity index (χ1) is 6.88. The van der Waals surface area contributed by atoms with Crippen LogP contribution in [0.25, 0.3) is 0 Å². The van der Waals surface area contributed by atoms with Crippen LogP contribution in [0.4, 0.5) is 0 Å². The van der Waals surface area contributed by atoms with Crippen LogP contribution in [0.15, 0.2) is 0 Å². The third-order valence-corrected chi connectivity index (χ3v) is 3.37.